The van der Waals surface area contributed by atoms with Gasteiger partial charge in [-0.05, 0) is 30.7 Å². The zero-order valence-electron chi connectivity index (χ0n) is 9.61. The average molecular weight is 243 g/mol. The summed E-state index contributed by atoms with van der Waals surface area (Å²) >= 11 is 0. The van der Waals surface area contributed by atoms with Gasteiger partial charge in [-0.3, -0.25) is 0 Å². The van der Waals surface area contributed by atoms with Crippen molar-refractivity contribution in [2.24, 2.45) is 0 Å². The minimum atomic E-state index is -0.248. The molecule has 18 heavy (non-hydrogen) atoms. The summed E-state index contributed by atoms with van der Waals surface area (Å²) in [5.41, 5.74) is 8.78. The SMILES string of the molecule is Cc1cc(-c2nc(N)nc3nc[nH]c23)ccc1F. The molecular formula is C12H10FN5. The monoisotopic (exact) mass is 243 g/mol. The highest BCUT2D eigenvalue weighted by Gasteiger charge is 2.11. The van der Waals surface area contributed by atoms with Crippen LogP contribution in [0.15, 0.2) is 24.5 Å². The number of nitrogen functional groups attached to an aromatic ring is 1. The lowest BCUT2D eigenvalue weighted by Crippen LogP contribution is -1.98. The summed E-state index contributed by atoms with van der Waals surface area (Å²) in [4.78, 5) is 15.2. The van der Waals surface area contributed by atoms with Crippen LogP contribution in [0.25, 0.3) is 22.4 Å². The van der Waals surface area contributed by atoms with Gasteiger partial charge in [-0.15, -0.1) is 0 Å². The van der Waals surface area contributed by atoms with Crippen LogP contribution in [-0.4, -0.2) is 19.9 Å². The van der Waals surface area contributed by atoms with E-state index in [4.69, 9.17) is 5.73 Å². The third-order valence-electron chi connectivity index (χ3n) is 2.73. The van der Waals surface area contributed by atoms with Crippen molar-refractivity contribution in [3.63, 3.8) is 0 Å². The number of H-pyrrole nitrogens is 1. The van der Waals surface area contributed by atoms with Gasteiger partial charge in [0.05, 0.1) is 6.33 Å². The Morgan fingerprint density at radius 3 is 2.89 bits per heavy atom. The second-order valence-electron chi connectivity index (χ2n) is 4.00. The molecule has 2 heterocycles. The maximum absolute atomic E-state index is 13.3. The molecule has 2 aromatic heterocycles. The second-order valence-corrected chi connectivity index (χ2v) is 4.00. The quantitative estimate of drug-likeness (QED) is 0.685. The van der Waals surface area contributed by atoms with Crippen LogP contribution >= 0.6 is 0 Å². The van der Waals surface area contributed by atoms with Crippen LogP contribution in [-0.2, 0) is 0 Å². The van der Waals surface area contributed by atoms with E-state index in [2.05, 4.69) is 19.9 Å². The average Bonchev–Trinajstić information content (AvgIpc) is 2.79. The van der Waals surface area contributed by atoms with Gasteiger partial charge in [-0.2, -0.15) is 4.98 Å². The molecule has 0 saturated carbocycles. The molecule has 0 bridgehead atoms. The molecule has 90 valence electrons. The molecule has 0 unspecified atom stereocenters. The fourth-order valence-corrected chi connectivity index (χ4v) is 1.85. The third-order valence-corrected chi connectivity index (χ3v) is 2.73. The molecule has 0 amide bonds. The summed E-state index contributed by atoms with van der Waals surface area (Å²) in [6.45, 7) is 1.70. The highest BCUT2D eigenvalue weighted by atomic mass is 19.1. The number of aryl methyl sites for hydroxylation is 1. The summed E-state index contributed by atoms with van der Waals surface area (Å²) in [5, 5.41) is 0. The normalized spacial score (nSPS) is 11.0. The molecule has 1 aromatic carbocycles. The number of aromatic nitrogens is 4. The Bertz CT molecular complexity index is 734. The number of halogens is 1. The first-order valence-corrected chi connectivity index (χ1v) is 5.38. The van der Waals surface area contributed by atoms with Crippen LogP contribution in [0.5, 0.6) is 0 Å². The Morgan fingerprint density at radius 1 is 1.28 bits per heavy atom. The van der Waals surface area contributed by atoms with E-state index in [-0.39, 0.29) is 11.8 Å². The lowest BCUT2D eigenvalue weighted by molar-refractivity contribution is 0.619. The van der Waals surface area contributed by atoms with Crippen molar-refractivity contribution >= 4 is 17.1 Å². The van der Waals surface area contributed by atoms with Gasteiger partial charge in [-0.1, -0.05) is 0 Å². The number of fused-ring (bicyclic) bond motifs is 1. The molecular weight excluding hydrogens is 233 g/mol. The predicted octanol–water partition coefficient (Wildman–Crippen LogP) is 2.05. The molecule has 0 saturated heterocycles. The summed E-state index contributed by atoms with van der Waals surface area (Å²) in [7, 11) is 0. The molecule has 3 N–H and O–H groups in total. The van der Waals surface area contributed by atoms with Crippen LogP contribution < -0.4 is 5.73 Å². The maximum atomic E-state index is 13.3. The van der Waals surface area contributed by atoms with E-state index in [1.807, 2.05) is 0 Å². The maximum Gasteiger partial charge on any atom is 0.222 e. The largest absolute Gasteiger partial charge is 0.368 e. The predicted molar refractivity (Wildman–Crippen MR) is 66.2 cm³/mol. The molecule has 0 aliphatic carbocycles. The van der Waals surface area contributed by atoms with E-state index in [1.165, 1.54) is 12.4 Å². The zero-order chi connectivity index (χ0) is 12.7. The fourth-order valence-electron chi connectivity index (χ4n) is 1.85. The number of nitrogens with two attached hydrogens (primary N) is 1. The van der Waals surface area contributed by atoms with Crippen LogP contribution in [0.1, 0.15) is 5.56 Å². The molecule has 0 aliphatic heterocycles. The standard InChI is InChI=1S/C12H10FN5/c1-6-4-7(2-3-8(6)13)9-10-11(16-5-15-10)18-12(14)17-9/h2-5H,1H3,(H3,14,15,16,17,18). The molecule has 0 spiro atoms. The molecule has 0 radical (unpaired) electrons. The Balaban J connectivity index is 2.30. The summed E-state index contributed by atoms with van der Waals surface area (Å²) in [6.07, 6.45) is 1.53. The van der Waals surface area contributed by atoms with E-state index >= 15 is 0 Å². The number of anilines is 1. The van der Waals surface area contributed by atoms with E-state index < -0.39 is 0 Å². The molecule has 5 nitrogen and oxygen atoms in total. The Morgan fingerprint density at radius 2 is 2.11 bits per heavy atom. The number of aromatic amines is 1. The second kappa shape index (κ2) is 3.76. The first-order chi connectivity index (χ1) is 8.65. The molecule has 0 fully saturated rings. The van der Waals surface area contributed by atoms with Gasteiger partial charge in [0.2, 0.25) is 5.95 Å². The number of hydrogen-bond acceptors (Lipinski definition) is 4. The van der Waals surface area contributed by atoms with Gasteiger partial charge in [-0.25, -0.2) is 14.4 Å². The molecule has 0 aliphatic rings. The molecule has 6 heteroatoms. The number of hydrogen-bond donors (Lipinski definition) is 2. The van der Waals surface area contributed by atoms with Crippen molar-refractivity contribution in [1.29, 1.82) is 0 Å². The number of rotatable bonds is 1. The minimum absolute atomic E-state index is 0.145. The Labute approximate surface area is 102 Å². The van der Waals surface area contributed by atoms with E-state index in [0.717, 1.165) is 5.56 Å². The van der Waals surface area contributed by atoms with Crippen LogP contribution in [0.2, 0.25) is 0 Å². The van der Waals surface area contributed by atoms with Crippen molar-refractivity contribution in [2.45, 2.75) is 6.92 Å². The van der Waals surface area contributed by atoms with Crippen LogP contribution in [0, 0.1) is 12.7 Å². The highest BCUT2D eigenvalue weighted by molar-refractivity contribution is 5.87. The fraction of sp³-hybridized carbons (Fsp3) is 0.0833. The van der Waals surface area contributed by atoms with E-state index in [9.17, 15) is 4.39 Å². The van der Waals surface area contributed by atoms with Gasteiger partial charge in [0.25, 0.3) is 0 Å². The number of benzene rings is 1. The van der Waals surface area contributed by atoms with Crippen molar-refractivity contribution in [2.75, 3.05) is 5.73 Å². The lowest BCUT2D eigenvalue weighted by Gasteiger charge is -2.05. The van der Waals surface area contributed by atoms with Crippen molar-refractivity contribution in [1.82, 2.24) is 19.9 Å². The molecule has 3 rings (SSSR count). The highest BCUT2D eigenvalue weighted by Crippen LogP contribution is 2.25. The smallest absolute Gasteiger partial charge is 0.222 e. The first kappa shape index (κ1) is 10.6. The van der Waals surface area contributed by atoms with Gasteiger partial charge >= 0.3 is 0 Å². The minimum Gasteiger partial charge on any atom is -0.368 e. The summed E-state index contributed by atoms with van der Waals surface area (Å²) in [6, 6.07) is 4.78. The third kappa shape index (κ3) is 1.58. The Hall–Kier alpha value is -2.50. The Kier molecular flexibility index (Phi) is 2.22. The number of nitrogens with one attached hydrogen (secondary N) is 1. The van der Waals surface area contributed by atoms with Gasteiger partial charge in [0.15, 0.2) is 5.65 Å². The molecule has 3 aromatic rings. The van der Waals surface area contributed by atoms with Gasteiger partial charge < -0.3 is 10.7 Å². The summed E-state index contributed by atoms with van der Waals surface area (Å²) in [5.74, 6) is -0.104. The topological polar surface area (TPSA) is 80.5 Å². The lowest BCUT2D eigenvalue weighted by atomic mass is 10.1. The van der Waals surface area contributed by atoms with Gasteiger partial charge in [0.1, 0.15) is 17.0 Å². The zero-order valence-corrected chi connectivity index (χ0v) is 9.61. The number of imidazole rings is 1. The first-order valence-electron chi connectivity index (χ1n) is 5.38. The van der Waals surface area contributed by atoms with Crippen molar-refractivity contribution in [3.8, 4) is 11.3 Å². The van der Waals surface area contributed by atoms with Crippen LogP contribution in [0.4, 0.5) is 10.3 Å². The van der Waals surface area contributed by atoms with E-state index in [1.54, 1.807) is 19.1 Å². The van der Waals surface area contributed by atoms with E-state index in [0.29, 0.717) is 22.4 Å². The van der Waals surface area contributed by atoms with Crippen LogP contribution in [0.3, 0.4) is 0 Å². The summed E-state index contributed by atoms with van der Waals surface area (Å²) < 4.78 is 13.3. The number of nitrogens with zero attached hydrogens (tertiary/aromatic N) is 3. The van der Waals surface area contributed by atoms with Crippen molar-refractivity contribution < 1.29 is 4.39 Å². The molecule has 0 atom stereocenters. The van der Waals surface area contributed by atoms with Gasteiger partial charge in [0, 0.05) is 5.56 Å². The van der Waals surface area contributed by atoms with Crippen molar-refractivity contribution in [3.05, 3.63) is 35.9 Å².